The summed E-state index contributed by atoms with van der Waals surface area (Å²) in [6.45, 7) is 5.62. The summed E-state index contributed by atoms with van der Waals surface area (Å²) >= 11 is 5.26. The summed E-state index contributed by atoms with van der Waals surface area (Å²) in [5.41, 5.74) is 0. The van der Waals surface area contributed by atoms with Gasteiger partial charge >= 0.3 is 0 Å². The van der Waals surface area contributed by atoms with Crippen LogP contribution in [0.4, 0.5) is 5.82 Å². The minimum absolute atomic E-state index is 0.564. The van der Waals surface area contributed by atoms with Crippen molar-refractivity contribution >= 4 is 23.1 Å². The number of anilines is 1. The highest BCUT2D eigenvalue weighted by Crippen LogP contribution is 2.19. The highest BCUT2D eigenvalue weighted by atomic mass is 32.1. The third-order valence-electron chi connectivity index (χ3n) is 3.26. The molecule has 1 aliphatic heterocycles. The zero-order chi connectivity index (χ0) is 14.9. The van der Waals surface area contributed by atoms with Crippen molar-refractivity contribution in [3.8, 4) is 5.75 Å². The van der Waals surface area contributed by atoms with Crippen LogP contribution in [0, 0.1) is 0 Å². The zero-order valence-electron chi connectivity index (χ0n) is 12.3. The van der Waals surface area contributed by atoms with E-state index in [2.05, 4.69) is 20.5 Å². The number of methoxy groups -OCH3 is 1. The maximum atomic E-state index is 5.33. The van der Waals surface area contributed by atoms with Crippen LogP contribution in [0.15, 0.2) is 18.3 Å². The summed E-state index contributed by atoms with van der Waals surface area (Å²) in [7, 11) is 1.61. The lowest BCUT2D eigenvalue weighted by atomic mass is 10.3. The minimum atomic E-state index is 0.564. The third kappa shape index (κ3) is 5.45. The molecule has 0 saturated carbocycles. The molecule has 6 nitrogen and oxygen atoms in total. The van der Waals surface area contributed by atoms with Gasteiger partial charge in [0.1, 0.15) is 0 Å². The van der Waals surface area contributed by atoms with Crippen LogP contribution in [0.5, 0.6) is 5.75 Å². The second-order valence-electron chi connectivity index (χ2n) is 4.74. The number of ether oxygens (including phenoxy) is 2. The molecule has 116 valence electrons. The maximum Gasteiger partial charge on any atom is 0.174 e. The van der Waals surface area contributed by atoms with E-state index in [1.807, 2.05) is 12.1 Å². The van der Waals surface area contributed by atoms with Crippen molar-refractivity contribution < 1.29 is 9.47 Å². The highest BCUT2D eigenvalue weighted by Gasteiger charge is 2.09. The Morgan fingerprint density at radius 1 is 1.48 bits per heavy atom. The fourth-order valence-corrected chi connectivity index (χ4v) is 2.33. The van der Waals surface area contributed by atoms with Crippen LogP contribution < -0.4 is 15.4 Å². The van der Waals surface area contributed by atoms with E-state index < -0.39 is 0 Å². The number of hydrogen-bond acceptors (Lipinski definition) is 5. The molecule has 1 aliphatic rings. The van der Waals surface area contributed by atoms with Gasteiger partial charge in [-0.1, -0.05) is 0 Å². The predicted octanol–water partition coefficient (Wildman–Crippen LogP) is 1.10. The fraction of sp³-hybridized carbons (Fsp3) is 0.571. The molecule has 0 aromatic carbocycles. The number of aromatic nitrogens is 1. The predicted molar refractivity (Wildman–Crippen MR) is 86.9 cm³/mol. The van der Waals surface area contributed by atoms with E-state index in [1.54, 1.807) is 13.3 Å². The van der Waals surface area contributed by atoms with Gasteiger partial charge in [0.25, 0.3) is 0 Å². The van der Waals surface area contributed by atoms with Crippen molar-refractivity contribution in [2.45, 2.75) is 6.42 Å². The monoisotopic (exact) mass is 310 g/mol. The van der Waals surface area contributed by atoms with Crippen molar-refractivity contribution in [2.24, 2.45) is 0 Å². The fourth-order valence-electron chi connectivity index (χ4n) is 2.13. The van der Waals surface area contributed by atoms with Crippen LogP contribution in [0.1, 0.15) is 6.42 Å². The first-order chi connectivity index (χ1) is 10.3. The molecule has 0 bridgehead atoms. The molecule has 0 unspecified atom stereocenters. The lowest BCUT2D eigenvalue weighted by molar-refractivity contribution is 0.0376. The minimum Gasteiger partial charge on any atom is -0.493 e. The molecule has 0 atom stereocenters. The first-order valence-corrected chi connectivity index (χ1v) is 7.54. The molecule has 2 rings (SSSR count). The number of nitrogens with one attached hydrogen (secondary N) is 2. The van der Waals surface area contributed by atoms with Gasteiger partial charge in [-0.2, -0.15) is 0 Å². The van der Waals surface area contributed by atoms with Gasteiger partial charge < -0.3 is 20.1 Å². The van der Waals surface area contributed by atoms with Gasteiger partial charge in [0.05, 0.1) is 20.3 Å². The van der Waals surface area contributed by atoms with Crippen molar-refractivity contribution in [3.05, 3.63) is 18.3 Å². The van der Waals surface area contributed by atoms with Gasteiger partial charge in [-0.05, 0) is 37.3 Å². The third-order valence-corrected chi connectivity index (χ3v) is 3.51. The Bertz CT molecular complexity index is 452. The lowest BCUT2D eigenvalue weighted by Crippen LogP contribution is -2.38. The van der Waals surface area contributed by atoms with Gasteiger partial charge in [0, 0.05) is 25.8 Å². The topological polar surface area (TPSA) is 58.7 Å². The molecule has 1 fully saturated rings. The summed E-state index contributed by atoms with van der Waals surface area (Å²) in [4.78, 5) is 6.61. The Morgan fingerprint density at radius 2 is 2.29 bits per heavy atom. The Morgan fingerprint density at radius 3 is 3.05 bits per heavy atom. The smallest absolute Gasteiger partial charge is 0.174 e. The zero-order valence-corrected chi connectivity index (χ0v) is 13.1. The number of pyridine rings is 1. The van der Waals surface area contributed by atoms with Gasteiger partial charge in [-0.25, -0.2) is 4.98 Å². The summed E-state index contributed by atoms with van der Waals surface area (Å²) in [6.07, 6.45) is 2.74. The van der Waals surface area contributed by atoms with E-state index >= 15 is 0 Å². The molecule has 0 spiro atoms. The van der Waals surface area contributed by atoms with Crippen LogP contribution in [0.3, 0.4) is 0 Å². The Kier molecular flexibility index (Phi) is 6.65. The molecule has 7 heteroatoms. The van der Waals surface area contributed by atoms with E-state index in [4.69, 9.17) is 21.7 Å². The van der Waals surface area contributed by atoms with Gasteiger partial charge in [-0.3, -0.25) is 4.90 Å². The van der Waals surface area contributed by atoms with Crippen molar-refractivity contribution in [3.63, 3.8) is 0 Å². The van der Waals surface area contributed by atoms with Crippen LogP contribution in [0.25, 0.3) is 0 Å². The van der Waals surface area contributed by atoms with Crippen molar-refractivity contribution in [2.75, 3.05) is 51.8 Å². The molecule has 1 aromatic heterocycles. The van der Waals surface area contributed by atoms with Gasteiger partial charge in [0.15, 0.2) is 16.7 Å². The van der Waals surface area contributed by atoms with Gasteiger partial charge in [-0.15, -0.1) is 0 Å². The highest BCUT2D eigenvalue weighted by molar-refractivity contribution is 7.80. The lowest BCUT2D eigenvalue weighted by Gasteiger charge is -2.26. The molecular formula is C14H22N4O2S. The quantitative estimate of drug-likeness (QED) is 0.603. The Labute approximate surface area is 130 Å². The molecular weight excluding hydrogens is 288 g/mol. The standard InChI is InChI=1S/C14H22N4O2S/c1-19-12-4-2-5-15-13(12)17-14(21)16-6-3-7-18-8-10-20-11-9-18/h2,4-5H,3,6-11H2,1H3,(H2,15,16,17,21). The van der Waals surface area contributed by atoms with Crippen LogP contribution in [-0.2, 0) is 4.74 Å². The van der Waals surface area contributed by atoms with Crippen LogP contribution in [-0.4, -0.2) is 61.5 Å². The van der Waals surface area contributed by atoms with E-state index in [0.29, 0.717) is 16.7 Å². The summed E-state index contributed by atoms with van der Waals surface area (Å²) in [5, 5.41) is 6.80. The number of nitrogens with zero attached hydrogens (tertiary/aromatic N) is 2. The molecule has 1 aromatic rings. The van der Waals surface area contributed by atoms with Crippen LogP contribution in [0.2, 0.25) is 0 Å². The first-order valence-electron chi connectivity index (χ1n) is 7.13. The summed E-state index contributed by atoms with van der Waals surface area (Å²) < 4.78 is 10.5. The molecule has 21 heavy (non-hydrogen) atoms. The molecule has 2 N–H and O–H groups in total. The normalized spacial score (nSPS) is 15.5. The average Bonchev–Trinajstić information content (AvgIpc) is 2.53. The maximum absolute atomic E-state index is 5.33. The molecule has 2 heterocycles. The molecule has 0 aliphatic carbocycles. The summed E-state index contributed by atoms with van der Waals surface area (Å²) in [6, 6.07) is 3.67. The van der Waals surface area contributed by atoms with E-state index in [1.165, 1.54) is 0 Å². The SMILES string of the molecule is COc1cccnc1NC(=S)NCCCN1CCOCC1. The second kappa shape index (κ2) is 8.76. The second-order valence-corrected chi connectivity index (χ2v) is 5.15. The number of hydrogen-bond donors (Lipinski definition) is 2. The summed E-state index contributed by atoms with van der Waals surface area (Å²) in [5.74, 6) is 1.31. The first kappa shape index (κ1) is 15.9. The number of thiocarbonyl (C=S) groups is 1. The van der Waals surface area contributed by atoms with E-state index in [0.717, 1.165) is 45.8 Å². The average molecular weight is 310 g/mol. The number of morpholine rings is 1. The van der Waals surface area contributed by atoms with Crippen molar-refractivity contribution in [1.82, 2.24) is 15.2 Å². The number of rotatable bonds is 6. The molecule has 1 saturated heterocycles. The van der Waals surface area contributed by atoms with Gasteiger partial charge in [0.2, 0.25) is 0 Å². The molecule has 0 radical (unpaired) electrons. The Hall–Kier alpha value is -1.44. The molecule has 0 amide bonds. The Balaban J connectivity index is 1.65. The van der Waals surface area contributed by atoms with E-state index in [9.17, 15) is 0 Å². The largest absolute Gasteiger partial charge is 0.493 e. The van der Waals surface area contributed by atoms with E-state index in [-0.39, 0.29) is 0 Å². The van der Waals surface area contributed by atoms with Crippen molar-refractivity contribution in [1.29, 1.82) is 0 Å². The van der Waals surface area contributed by atoms with Crippen LogP contribution >= 0.6 is 12.2 Å².